The summed E-state index contributed by atoms with van der Waals surface area (Å²) >= 11 is 0. The molecule has 18 nitrogen and oxygen atoms in total. The van der Waals surface area contributed by atoms with Crippen LogP contribution in [0.15, 0.2) is 0 Å². The molecule has 0 aliphatic carbocycles. The first-order valence-corrected chi connectivity index (χ1v) is 18.3. The lowest BCUT2D eigenvalue weighted by atomic mass is 10.9. The lowest BCUT2D eigenvalue weighted by molar-refractivity contribution is 0.296. The van der Waals surface area contributed by atoms with Gasteiger partial charge in [-0.1, -0.05) is 20.8 Å². The third kappa shape index (κ3) is 125. The van der Waals surface area contributed by atoms with E-state index in [1.807, 2.05) is 0 Å². The Morgan fingerprint density at radius 1 is 0.486 bits per heavy atom. The highest BCUT2D eigenvalue weighted by molar-refractivity contribution is 7.52. The average Bonchev–Trinajstić information content (AvgIpc) is 2.68. The Labute approximate surface area is 229 Å². The van der Waals surface area contributed by atoms with Crippen molar-refractivity contribution in [2.24, 2.45) is 0 Å². The summed E-state index contributed by atoms with van der Waals surface area (Å²) in [5.41, 5.74) is 0. The molecule has 0 aliphatic heterocycles. The molecule has 0 aromatic carbocycles. The second-order valence-electron chi connectivity index (χ2n) is 4.91. The van der Waals surface area contributed by atoms with Gasteiger partial charge in [0, 0.05) is 32.2 Å². The van der Waals surface area contributed by atoms with E-state index in [-0.39, 0.29) is 35.8 Å². The molecule has 228 valence electrons. The maximum absolute atomic E-state index is 9.69. The summed E-state index contributed by atoms with van der Waals surface area (Å²) in [6.07, 6.45) is -0.188. The molecule has 9 N–H and O–H groups in total. The smallest absolute Gasteiger partial charge is 0.324 e. The summed E-state index contributed by atoms with van der Waals surface area (Å²) in [4.78, 5) is 71.1. The standard InChI is InChI=1S/3C2H7O3P.3C2H5O3P.Al.3H/c3*1-2-6(3,4)5;3*1-2-5-6(3)4;;;;/h3*2H2,1H3,(H2,3,4,5);3*2H2,1H3;;;;/p+3. The van der Waals surface area contributed by atoms with Crippen molar-refractivity contribution in [3.8, 4) is 0 Å². The van der Waals surface area contributed by atoms with E-state index in [9.17, 15) is 27.4 Å². The van der Waals surface area contributed by atoms with E-state index in [0.717, 1.165) is 0 Å². The van der Waals surface area contributed by atoms with Gasteiger partial charge in [0.15, 0.2) is 17.4 Å². The van der Waals surface area contributed by atoms with Crippen molar-refractivity contribution >= 4 is 64.9 Å². The predicted octanol–water partition coefficient (Wildman–Crippen LogP) is 1.39. The van der Waals surface area contributed by atoms with Gasteiger partial charge in [-0.25, -0.2) is 0 Å². The third-order valence-electron chi connectivity index (χ3n) is 1.95. The van der Waals surface area contributed by atoms with Gasteiger partial charge < -0.3 is 29.4 Å². The fourth-order valence-electron chi connectivity index (χ4n) is 0.331. The first-order valence-electron chi connectivity index (χ1n) is 9.50. The quantitative estimate of drug-likeness (QED) is 0.122. The third-order valence-corrected chi connectivity index (χ3v) is 5.86. The Kier molecular flexibility index (Phi) is 51.3. The Hall–Kier alpha value is 1.04. The average molecular weight is 687 g/mol. The van der Waals surface area contributed by atoms with Gasteiger partial charge in [0.05, 0.1) is 0 Å². The van der Waals surface area contributed by atoms with Gasteiger partial charge >= 0.3 is 47.6 Å². The van der Waals surface area contributed by atoms with Crippen molar-refractivity contribution in [1.82, 2.24) is 0 Å². The highest BCUT2D eigenvalue weighted by atomic mass is 31.2. The molecule has 0 heterocycles. The van der Waals surface area contributed by atoms with Crippen molar-refractivity contribution in [3.63, 3.8) is 0 Å². The summed E-state index contributed by atoms with van der Waals surface area (Å²) in [6.45, 7) is 10.2. The first kappa shape index (κ1) is 54.2. The molecular weight excluding hydrogens is 645 g/mol. The predicted molar refractivity (Wildman–Crippen MR) is 142 cm³/mol. The molecule has 0 saturated heterocycles. The molecule has 0 aromatic rings. The highest BCUT2D eigenvalue weighted by Crippen LogP contribution is 2.33. The van der Waals surface area contributed by atoms with Crippen LogP contribution in [0.5, 0.6) is 0 Å². The molecule has 0 saturated carbocycles. The van der Waals surface area contributed by atoms with Gasteiger partial charge in [0.1, 0.15) is 19.8 Å². The molecule has 0 radical (unpaired) electrons. The minimum absolute atomic E-state index is 0. The summed E-state index contributed by atoms with van der Waals surface area (Å²) < 4.78 is 70.0. The first-order chi connectivity index (χ1) is 16.0. The van der Waals surface area contributed by atoms with Crippen molar-refractivity contribution < 1.29 is 85.0 Å². The monoisotopic (exact) mass is 687 g/mol. The van der Waals surface area contributed by atoms with E-state index in [4.69, 9.17) is 44.0 Å². The highest BCUT2D eigenvalue weighted by Gasteiger charge is 2.08. The van der Waals surface area contributed by atoms with E-state index < -0.39 is 47.6 Å². The molecular formula is C12H42AlO18P6+3. The Morgan fingerprint density at radius 3 is 0.595 bits per heavy atom. The van der Waals surface area contributed by atoms with E-state index >= 15 is 0 Å². The van der Waals surface area contributed by atoms with E-state index in [0.29, 0.717) is 19.8 Å². The van der Waals surface area contributed by atoms with Gasteiger partial charge in [-0.15, -0.1) is 28.3 Å². The Morgan fingerprint density at radius 2 is 0.595 bits per heavy atom. The zero-order valence-electron chi connectivity index (χ0n) is 20.6. The molecule has 3 atom stereocenters. The number of hydrogen-bond acceptors (Lipinski definition) is 9. The zero-order chi connectivity index (χ0) is 30.6. The van der Waals surface area contributed by atoms with Crippen molar-refractivity contribution in [2.45, 2.75) is 41.5 Å². The van der Waals surface area contributed by atoms with E-state index in [1.54, 1.807) is 20.8 Å². The van der Waals surface area contributed by atoms with Crippen LogP contribution in [0.25, 0.3) is 0 Å². The van der Waals surface area contributed by atoms with E-state index in [2.05, 4.69) is 13.6 Å². The Balaban J connectivity index is -0.0000000581. The zero-order valence-corrected chi connectivity index (χ0v) is 26.0. The fourth-order valence-corrected chi connectivity index (χ4v) is 0.994. The van der Waals surface area contributed by atoms with Crippen LogP contribution >= 0.6 is 47.6 Å². The maximum Gasteiger partial charge on any atom is 0.694 e. The van der Waals surface area contributed by atoms with E-state index in [1.165, 1.54) is 20.8 Å². The molecule has 0 amide bonds. The number of rotatable bonds is 9. The molecule has 37 heavy (non-hydrogen) atoms. The molecule has 0 bridgehead atoms. The number of hydrogen-bond donors (Lipinski definition) is 9. The molecule has 0 aromatic heterocycles. The van der Waals surface area contributed by atoms with Crippen LogP contribution in [-0.4, -0.2) is 99.7 Å². The molecule has 0 rings (SSSR count). The van der Waals surface area contributed by atoms with Crippen LogP contribution in [0.2, 0.25) is 0 Å². The van der Waals surface area contributed by atoms with Crippen LogP contribution in [0, 0.1) is 0 Å². The normalized spacial score (nSPS) is 11.3. The summed E-state index contributed by atoms with van der Waals surface area (Å²) in [5, 5.41) is 0. The minimum Gasteiger partial charge on any atom is -0.324 e. The second-order valence-corrected chi connectivity index (χ2v) is 13.0. The summed E-state index contributed by atoms with van der Waals surface area (Å²) in [5.74, 6) is 0. The van der Waals surface area contributed by atoms with Crippen molar-refractivity contribution in [3.05, 3.63) is 0 Å². The molecule has 0 spiro atoms. The van der Waals surface area contributed by atoms with Gasteiger partial charge in [-0.3, -0.25) is 13.7 Å². The topological polar surface area (TPSA) is 312 Å². The maximum atomic E-state index is 9.69. The summed E-state index contributed by atoms with van der Waals surface area (Å²) in [7, 11) is -18.0. The molecule has 0 fully saturated rings. The van der Waals surface area contributed by atoms with Crippen LogP contribution in [-0.2, 0) is 41.0 Å². The van der Waals surface area contributed by atoms with Gasteiger partial charge in [0.25, 0.3) is 0 Å². The van der Waals surface area contributed by atoms with Crippen molar-refractivity contribution in [2.75, 3.05) is 38.3 Å². The SMILES string of the molecule is CCO[P+](=O)O.CCO[P+](=O)O.CCO[P+](=O)O.CCP(=O)(O)O.CCP(=O)(O)O.CCP(=O)(O)O.[AlH3]. The van der Waals surface area contributed by atoms with Crippen LogP contribution < -0.4 is 0 Å². The lowest BCUT2D eigenvalue weighted by Gasteiger charge is -1.92. The molecule has 25 heteroatoms. The second kappa shape index (κ2) is 35.1. The largest absolute Gasteiger partial charge is 0.694 e. The lowest BCUT2D eigenvalue weighted by Crippen LogP contribution is -1.76. The van der Waals surface area contributed by atoms with Gasteiger partial charge in [-0.05, 0) is 20.8 Å². The van der Waals surface area contributed by atoms with Crippen molar-refractivity contribution in [1.29, 1.82) is 0 Å². The van der Waals surface area contributed by atoms with Gasteiger partial charge in [0.2, 0.25) is 0 Å². The van der Waals surface area contributed by atoms with Crippen LogP contribution in [0.1, 0.15) is 41.5 Å². The summed E-state index contributed by atoms with van der Waals surface area (Å²) in [6, 6.07) is 0. The van der Waals surface area contributed by atoms with Crippen LogP contribution in [0.4, 0.5) is 0 Å². The molecule has 3 unspecified atom stereocenters. The minimum atomic E-state index is -3.65. The Bertz CT molecular complexity index is 586. The fraction of sp³-hybridized carbons (Fsp3) is 1.00. The van der Waals surface area contributed by atoms with Gasteiger partial charge in [-0.2, -0.15) is 0 Å². The van der Waals surface area contributed by atoms with Crippen LogP contribution in [0.3, 0.4) is 0 Å². The molecule has 0 aliphatic rings.